The Morgan fingerprint density at radius 2 is 2.20 bits per heavy atom. The van der Waals surface area contributed by atoms with Gasteiger partial charge in [0.25, 0.3) is 0 Å². The average molecular weight is 276 g/mol. The summed E-state index contributed by atoms with van der Waals surface area (Å²) in [6.45, 7) is 0.975. The second-order valence-corrected chi connectivity index (χ2v) is 5.52. The molecule has 0 aromatic heterocycles. The summed E-state index contributed by atoms with van der Waals surface area (Å²) in [5.74, 6) is 1.38. The molecule has 0 unspecified atom stereocenters. The number of nitrogens with one attached hydrogen (secondary N) is 1. The zero-order chi connectivity index (χ0) is 14.4. The fraction of sp³-hybridized carbons (Fsp3) is 0.562. The summed E-state index contributed by atoms with van der Waals surface area (Å²) in [6.07, 6.45) is 4.77. The van der Waals surface area contributed by atoms with Crippen molar-refractivity contribution in [2.24, 2.45) is 5.73 Å². The van der Waals surface area contributed by atoms with Crippen LogP contribution in [0.1, 0.15) is 43.6 Å². The molecule has 3 N–H and O–H groups in total. The van der Waals surface area contributed by atoms with Gasteiger partial charge in [0.2, 0.25) is 5.91 Å². The molecule has 0 spiro atoms. The molecular formula is C16H24N2O2. The number of carbonyl (C=O) groups is 1. The van der Waals surface area contributed by atoms with E-state index < -0.39 is 0 Å². The Balaban J connectivity index is 1.63. The second-order valence-electron chi connectivity index (χ2n) is 5.52. The summed E-state index contributed by atoms with van der Waals surface area (Å²) in [4.78, 5) is 10.6. The normalized spacial score (nSPS) is 21.2. The summed E-state index contributed by atoms with van der Waals surface area (Å²) in [6, 6.07) is 8.96. The number of hydrogen-bond donors (Lipinski definition) is 2. The summed E-state index contributed by atoms with van der Waals surface area (Å²) in [5.41, 5.74) is 6.48. The monoisotopic (exact) mass is 276 g/mol. The van der Waals surface area contributed by atoms with Gasteiger partial charge in [0.05, 0.1) is 7.11 Å². The Bertz CT molecular complexity index is 442. The zero-order valence-electron chi connectivity index (χ0n) is 12.1. The lowest BCUT2D eigenvalue weighted by atomic mass is 9.76. The molecule has 0 atom stereocenters. The molecule has 1 aromatic carbocycles. The van der Waals surface area contributed by atoms with Crippen LogP contribution in [0.15, 0.2) is 24.3 Å². The summed E-state index contributed by atoms with van der Waals surface area (Å²) in [5, 5.41) is 3.54. The predicted molar refractivity (Wildman–Crippen MR) is 79.8 cm³/mol. The molecule has 20 heavy (non-hydrogen) atoms. The van der Waals surface area contributed by atoms with Crippen LogP contribution in [0.2, 0.25) is 0 Å². The third kappa shape index (κ3) is 4.23. The van der Waals surface area contributed by atoms with E-state index in [0.717, 1.165) is 25.1 Å². The molecule has 0 heterocycles. The highest BCUT2D eigenvalue weighted by Gasteiger charge is 2.29. The van der Waals surface area contributed by atoms with E-state index in [1.165, 1.54) is 18.4 Å². The smallest absolute Gasteiger partial charge is 0.217 e. The van der Waals surface area contributed by atoms with Crippen LogP contribution in [-0.4, -0.2) is 25.6 Å². The molecule has 1 aromatic rings. The molecule has 0 saturated heterocycles. The Morgan fingerprint density at radius 3 is 2.90 bits per heavy atom. The zero-order valence-corrected chi connectivity index (χ0v) is 12.1. The van der Waals surface area contributed by atoms with Crippen molar-refractivity contribution >= 4 is 5.91 Å². The van der Waals surface area contributed by atoms with Crippen LogP contribution in [-0.2, 0) is 4.79 Å². The molecule has 1 amide bonds. The molecule has 0 aliphatic heterocycles. The van der Waals surface area contributed by atoms with Gasteiger partial charge in [-0.1, -0.05) is 12.1 Å². The molecular weight excluding hydrogens is 252 g/mol. The van der Waals surface area contributed by atoms with Gasteiger partial charge in [0.15, 0.2) is 0 Å². The molecule has 0 radical (unpaired) electrons. The van der Waals surface area contributed by atoms with E-state index in [-0.39, 0.29) is 5.91 Å². The standard InChI is InChI=1S/C16H24N2O2/c1-20-15-6-4-5-12(11-15)13-9-14(10-13)18-8-3-2-7-16(17)19/h4-6,11,13-14,18H,2-3,7-10H2,1H3,(H2,17,19). The molecule has 1 saturated carbocycles. The third-order valence-corrected chi connectivity index (χ3v) is 3.99. The number of hydrogen-bond acceptors (Lipinski definition) is 3. The number of ether oxygens (including phenoxy) is 1. The molecule has 1 fully saturated rings. The van der Waals surface area contributed by atoms with Crippen molar-refractivity contribution < 1.29 is 9.53 Å². The maximum absolute atomic E-state index is 10.6. The molecule has 2 rings (SSSR count). The molecule has 110 valence electrons. The summed E-state index contributed by atoms with van der Waals surface area (Å²) < 4.78 is 5.26. The number of nitrogens with two attached hydrogens (primary N) is 1. The van der Waals surface area contributed by atoms with Crippen LogP contribution < -0.4 is 15.8 Å². The lowest BCUT2D eigenvalue weighted by Crippen LogP contribution is -2.40. The maximum Gasteiger partial charge on any atom is 0.217 e. The van der Waals surface area contributed by atoms with Crippen LogP contribution in [0.5, 0.6) is 5.75 Å². The van der Waals surface area contributed by atoms with Crippen molar-refractivity contribution in [2.45, 2.75) is 44.1 Å². The number of benzene rings is 1. The number of carbonyl (C=O) groups excluding carboxylic acids is 1. The topological polar surface area (TPSA) is 64.3 Å². The molecule has 1 aliphatic rings. The van der Waals surface area contributed by atoms with Crippen LogP contribution >= 0.6 is 0 Å². The fourth-order valence-corrected chi connectivity index (χ4v) is 2.68. The summed E-state index contributed by atoms with van der Waals surface area (Å²) in [7, 11) is 1.70. The third-order valence-electron chi connectivity index (χ3n) is 3.99. The van der Waals surface area contributed by atoms with Crippen LogP contribution in [0.25, 0.3) is 0 Å². The second kappa shape index (κ2) is 7.29. The molecule has 4 heteroatoms. The highest BCUT2D eigenvalue weighted by atomic mass is 16.5. The SMILES string of the molecule is COc1cccc(C2CC(NCCCCC(N)=O)C2)c1. The first-order valence-corrected chi connectivity index (χ1v) is 7.34. The minimum absolute atomic E-state index is 0.202. The summed E-state index contributed by atoms with van der Waals surface area (Å²) >= 11 is 0. The quantitative estimate of drug-likeness (QED) is 0.715. The van der Waals surface area contributed by atoms with E-state index >= 15 is 0 Å². The van der Waals surface area contributed by atoms with Crippen molar-refractivity contribution in [1.29, 1.82) is 0 Å². The van der Waals surface area contributed by atoms with E-state index in [0.29, 0.717) is 18.4 Å². The average Bonchev–Trinajstić information content (AvgIpc) is 2.40. The Labute approximate surface area is 120 Å². The van der Waals surface area contributed by atoms with E-state index in [9.17, 15) is 4.79 Å². The van der Waals surface area contributed by atoms with Crippen molar-refractivity contribution in [1.82, 2.24) is 5.32 Å². The lowest BCUT2D eigenvalue weighted by Gasteiger charge is -2.36. The van der Waals surface area contributed by atoms with Gasteiger partial charge < -0.3 is 15.8 Å². The fourth-order valence-electron chi connectivity index (χ4n) is 2.68. The lowest BCUT2D eigenvalue weighted by molar-refractivity contribution is -0.118. The van der Waals surface area contributed by atoms with Crippen molar-refractivity contribution in [3.05, 3.63) is 29.8 Å². The first kappa shape index (κ1) is 14.9. The van der Waals surface area contributed by atoms with Gasteiger partial charge in [-0.05, 0) is 55.8 Å². The minimum Gasteiger partial charge on any atom is -0.497 e. The number of rotatable bonds is 8. The predicted octanol–water partition coefficient (Wildman–Crippen LogP) is 2.19. The van der Waals surface area contributed by atoms with Gasteiger partial charge in [-0.25, -0.2) is 0 Å². The number of methoxy groups -OCH3 is 1. The molecule has 1 aliphatic carbocycles. The number of unbranched alkanes of at least 4 members (excludes halogenated alkanes) is 1. The van der Waals surface area contributed by atoms with Crippen LogP contribution in [0, 0.1) is 0 Å². The van der Waals surface area contributed by atoms with Gasteiger partial charge in [-0.2, -0.15) is 0 Å². The maximum atomic E-state index is 10.6. The molecule has 0 bridgehead atoms. The molecule has 4 nitrogen and oxygen atoms in total. The van der Waals surface area contributed by atoms with Gasteiger partial charge in [-0.3, -0.25) is 4.79 Å². The first-order valence-electron chi connectivity index (χ1n) is 7.34. The van der Waals surface area contributed by atoms with E-state index in [1.54, 1.807) is 7.11 Å². The highest BCUT2D eigenvalue weighted by molar-refractivity contribution is 5.73. The van der Waals surface area contributed by atoms with E-state index in [1.807, 2.05) is 6.07 Å². The van der Waals surface area contributed by atoms with Crippen molar-refractivity contribution in [3.8, 4) is 5.75 Å². The van der Waals surface area contributed by atoms with Crippen molar-refractivity contribution in [2.75, 3.05) is 13.7 Å². The van der Waals surface area contributed by atoms with Gasteiger partial charge in [0.1, 0.15) is 5.75 Å². The van der Waals surface area contributed by atoms with Gasteiger partial charge >= 0.3 is 0 Å². The largest absolute Gasteiger partial charge is 0.497 e. The van der Waals surface area contributed by atoms with Crippen LogP contribution in [0.4, 0.5) is 0 Å². The van der Waals surface area contributed by atoms with Gasteiger partial charge in [0, 0.05) is 12.5 Å². The van der Waals surface area contributed by atoms with Gasteiger partial charge in [-0.15, -0.1) is 0 Å². The Kier molecular flexibility index (Phi) is 5.41. The van der Waals surface area contributed by atoms with Crippen LogP contribution in [0.3, 0.4) is 0 Å². The Hall–Kier alpha value is -1.55. The highest BCUT2D eigenvalue weighted by Crippen LogP contribution is 2.37. The minimum atomic E-state index is -0.202. The van der Waals surface area contributed by atoms with E-state index in [2.05, 4.69) is 23.5 Å². The number of amides is 1. The first-order chi connectivity index (χ1) is 9.69. The van der Waals surface area contributed by atoms with Crippen molar-refractivity contribution in [3.63, 3.8) is 0 Å². The number of primary amides is 1. The Morgan fingerprint density at radius 1 is 1.40 bits per heavy atom. The van der Waals surface area contributed by atoms with E-state index in [4.69, 9.17) is 10.5 Å².